The minimum absolute atomic E-state index is 0.0570. The first-order chi connectivity index (χ1) is 19.2. The van der Waals surface area contributed by atoms with Gasteiger partial charge in [-0.15, -0.1) is 0 Å². The van der Waals surface area contributed by atoms with E-state index in [9.17, 15) is 9.59 Å². The number of carbonyl (C=O) groups is 2. The van der Waals surface area contributed by atoms with Crippen molar-refractivity contribution >= 4 is 17.5 Å². The summed E-state index contributed by atoms with van der Waals surface area (Å²) in [6.07, 6.45) is 0.0570. The molecule has 0 unspecified atom stereocenters. The van der Waals surface area contributed by atoms with Gasteiger partial charge in [-0.05, 0) is 38.5 Å². The number of aliphatic imine (C=N–C) groups is 1. The smallest absolute Gasteiger partial charge is 0.332 e. The van der Waals surface area contributed by atoms with E-state index < -0.39 is 23.5 Å². The zero-order valence-corrected chi connectivity index (χ0v) is 23.4. The Morgan fingerprint density at radius 3 is 1.75 bits per heavy atom. The van der Waals surface area contributed by atoms with Gasteiger partial charge in [0.05, 0.1) is 12.8 Å². The summed E-state index contributed by atoms with van der Waals surface area (Å²) in [6, 6.07) is 35.1. The second-order valence-electron chi connectivity index (χ2n) is 10.6. The Hall–Kier alpha value is -4.51. The lowest BCUT2D eigenvalue weighted by Gasteiger charge is -2.28. The van der Waals surface area contributed by atoms with Gasteiger partial charge in [0.1, 0.15) is 11.4 Å². The highest BCUT2D eigenvalue weighted by Gasteiger charge is 2.35. The molecule has 0 fully saturated rings. The molecule has 0 saturated heterocycles. The van der Waals surface area contributed by atoms with Gasteiger partial charge in [0.25, 0.3) is 0 Å². The molecule has 5 heteroatoms. The van der Waals surface area contributed by atoms with Crippen molar-refractivity contribution in [1.29, 1.82) is 0 Å². The molecule has 0 bridgehead atoms. The maximum atomic E-state index is 14.0. The second-order valence-corrected chi connectivity index (χ2v) is 10.6. The Labute approximate surface area is 236 Å². The largest absolute Gasteiger partial charge is 0.497 e. The highest BCUT2D eigenvalue weighted by Crippen LogP contribution is 2.32. The monoisotopic (exact) mass is 533 g/mol. The molecule has 0 saturated carbocycles. The average Bonchev–Trinajstić information content (AvgIpc) is 2.97. The molecule has 0 aliphatic carbocycles. The molecule has 4 aromatic carbocycles. The molecule has 0 aliphatic heterocycles. The second kappa shape index (κ2) is 13.0. The summed E-state index contributed by atoms with van der Waals surface area (Å²) in [5, 5.41) is 0. The van der Waals surface area contributed by atoms with E-state index in [-0.39, 0.29) is 12.2 Å². The van der Waals surface area contributed by atoms with Gasteiger partial charge in [0, 0.05) is 29.0 Å². The number of benzene rings is 4. The fourth-order valence-electron chi connectivity index (χ4n) is 4.54. The number of esters is 1. The van der Waals surface area contributed by atoms with E-state index in [0.29, 0.717) is 17.0 Å². The number of carbonyl (C=O) groups excluding carboxylic acids is 2. The zero-order chi connectivity index (χ0) is 28.5. The van der Waals surface area contributed by atoms with Crippen LogP contribution in [0.1, 0.15) is 60.2 Å². The molecule has 40 heavy (non-hydrogen) atoms. The summed E-state index contributed by atoms with van der Waals surface area (Å²) in [6.45, 7) is 5.49. The molecule has 0 aromatic heterocycles. The number of nitrogens with zero attached hydrogens (tertiary/aromatic N) is 1. The minimum Gasteiger partial charge on any atom is -0.497 e. The summed E-state index contributed by atoms with van der Waals surface area (Å²) in [4.78, 5) is 32.7. The van der Waals surface area contributed by atoms with Crippen LogP contribution in [0.4, 0.5) is 0 Å². The van der Waals surface area contributed by atoms with E-state index in [4.69, 9.17) is 14.5 Å². The molecular formula is C35H35NO4. The van der Waals surface area contributed by atoms with Crippen molar-refractivity contribution in [3.05, 3.63) is 138 Å². The fourth-order valence-corrected chi connectivity index (χ4v) is 4.54. The van der Waals surface area contributed by atoms with Crippen LogP contribution in [0.2, 0.25) is 0 Å². The summed E-state index contributed by atoms with van der Waals surface area (Å²) < 4.78 is 11.4. The summed E-state index contributed by atoms with van der Waals surface area (Å²) in [5.74, 6) is -0.559. The highest BCUT2D eigenvalue weighted by atomic mass is 16.6. The van der Waals surface area contributed by atoms with E-state index in [0.717, 1.165) is 16.7 Å². The van der Waals surface area contributed by atoms with Gasteiger partial charge in [-0.3, -0.25) is 9.79 Å². The minimum atomic E-state index is -1.01. The van der Waals surface area contributed by atoms with Crippen molar-refractivity contribution in [1.82, 2.24) is 0 Å². The molecule has 0 N–H and O–H groups in total. The standard InChI is InChI=1S/C35H35NO4/c1-35(2,3)40-34(38)33(36-32(26-17-10-6-11-18-26)27-19-12-7-13-20-27)30(28-21-14-22-29(23-28)39-4)24-31(37)25-15-8-5-9-16-25/h5-23,30,33H,24H2,1-4H3/t30-,33+/m1/s1. The van der Waals surface area contributed by atoms with E-state index in [1.54, 1.807) is 19.2 Å². The normalized spacial score (nSPS) is 12.6. The molecular weight excluding hydrogens is 498 g/mol. The molecule has 0 aliphatic rings. The molecule has 0 amide bonds. The molecule has 204 valence electrons. The Bertz CT molecular complexity index is 1400. The number of methoxy groups -OCH3 is 1. The van der Waals surface area contributed by atoms with Crippen molar-refractivity contribution in [2.45, 2.75) is 44.8 Å². The van der Waals surface area contributed by atoms with E-state index in [2.05, 4.69) is 0 Å². The van der Waals surface area contributed by atoms with E-state index >= 15 is 0 Å². The average molecular weight is 534 g/mol. The van der Waals surface area contributed by atoms with Crippen LogP contribution in [-0.4, -0.2) is 36.2 Å². The van der Waals surface area contributed by atoms with Crippen molar-refractivity contribution in [2.75, 3.05) is 7.11 Å². The van der Waals surface area contributed by atoms with Gasteiger partial charge in [-0.25, -0.2) is 4.79 Å². The summed E-state index contributed by atoms with van der Waals surface area (Å²) in [7, 11) is 1.59. The van der Waals surface area contributed by atoms with Crippen LogP contribution in [0.5, 0.6) is 5.75 Å². The quantitative estimate of drug-likeness (QED) is 0.122. The molecule has 4 aromatic rings. The third kappa shape index (κ3) is 7.54. The van der Waals surface area contributed by atoms with Crippen LogP contribution >= 0.6 is 0 Å². The Kier molecular flexibility index (Phi) is 9.28. The SMILES string of the molecule is COc1cccc([C@@H](CC(=O)c2ccccc2)[C@H](N=C(c2ccccc2)c2ccccc2)C(=O)OC(C)(C)C)c1. The number of rotatable bonds is 10. The van der Waals surface area contributed by atoms with Crippen molar-refractivity contribution in [2.24, 2.45) is 4.99 Å². The van der Waals surface area contributed by atoms with Crippen LogP contribution in [0, 0.1) is 0 Å². The third-order valence-corrected chi connectivity index (χ3v) is 6.42. The van der Waals surface area contributed by atoms with Gasteiger partial charge in [0.2, 0.25) is 0 Å². The van der Waals surface area contributed by atoms with E-state index in [1.807, 2.05) is 124 Å². The Morgan fingerprint density at radius 2 is 1.25 bits per heavy atom. The maximum absolute atomic E-state index is 14.0. The summed E-state index contributed by atoms with van der Waals surface area (Å²) in [5.41, 5.74) is 2.98. The zero-order valence-electron chi connectivity index (χ0n) is 23.4. The Balaban J connectivity index is 1.91. The van der Waals surface area contributed by atoms with Gasteiger partial charge in [-0.2, -0.15) is 0 Å². The molecule has 4 rings (SSSR count). The first-order valence-electron chi connectivity index (χ1n) is 13.4. The number of ketones is 1. The lowest BCUT2D eigenvalue weighted by atomic mass is 9.85. The van der Waals surface area contributed by atoms with Crippen LogP contribution < -0.4 is 4.74 Å². The van der Waals surface area contributed by atoms with Crippen LogP contribution in [0.3, 0.4) is 0 Å². The fraction of sp³-hybridized carbons (Fsp3) is 0.229. The van der Waals surface area contributed by atoms with Crippen molar-refractivity contribution in [3.63, 3.8) is 0 Å². The molecule has 5 nitrogen and oxygen atoms in total. The van der Waals surface area contributed by atoms with Crippen molar-refractivity contribution < 1.29 is 19.1 Å². The number of hydrogen-bond acceptors (Lipinski definition) is 5. The molecule has 2 atom stereocenters. The Morgan fingerprint density at radius 1 is 0.725 bits per heavy atom. The summed E-state index contributed by atoms with van der Waals surface area (Å²) >= 11 is 0. The van der Waals surface area contributed by atoms with Crippen LogP contribution in [0.25, 0.3) is 0 Å². The lowest BCUT2D eigenvalue weighted by molar-refractivity contribution is -0.156. The van der Waals surface area contributed by atoms with E-state index in [1.165, 1.54) is 0 Å². The van der Waals surface area contributed by atoms with Crippen LogP contribution in [0.15, 0.2) is 120 Å². The predicted octanol–water partition coefficient (Wildman–Crippen LogP) is 7.30. The topological polar surface area (TPSA) is 65.0 Å². The number of hydrogen-bond donors (Lipinski definition) is 0. The van der Waals surface area contributed by atoms with Gasteiger partial charge < -0.3 is 9.47 Å². The first-order valence-corrected chi connectivity index (χ1v) is 13.4. The maximum Gasteiger partial charge on any atom is 0.332 e. The molecule has 0 radical (unpaired) electrons. The van der Waals surface area contributed by atoms with Crippen LogP contribution in [-0.2, 0) is 9.53 Å². The molecule has 0 spiro atoms. The van der Waals surface area contributed by atoms with Gasteiger partial charge in [-0.1, -0.05) is 103 Å². The lowest BCUT2D eigenvalue weighted by Crippen LogP contribution is -2.36. The number of ether oxygens (including phenoxy) is 2. The predicted molar refractivity (Wildman–Crippen MR) is 159 cm³/mol. The number of Topliss-reactive ketones (excluding diaryl/α,β-unsaturated/α-hetero) is 1. The van der Waals surface area contributed by atoms with Crippen molar-refractivity contribution in [3.8, 4) is 5.75 Å². The van der Waals surface area contributed by atoms with Gasteiger partial charge >= 0.3 is 5.97 Å². The first kappa shape index (κ1) is 28.5. The third-order valence-electron chi connectivity index (χ3n) is 6.42. The van der Waals surface area contributed by atoms with Gasteiger partial charge in [0.15, 0.2) is 11.8 Å². The molecule has 0 heterocycles. The highest BCUT2D eigenvalue weighted by molar-refractivity contribution is 6.13.